The van der Waals surface area contributed by atoms with Gasteiger partial charge in [0.15, 0.2) is 0 Å². The Hall–Kier alpha value is -1.02. The highest BCUT2D eigenvalue weighted by Crippen LogP contribution is 2.25. The molecule has 2 aliphatic heterocycles. The summed E-state index contributed by atoms with van der Waals surface area (Å²) in [6.45, 7) is 10.7. The molecule has 2 aliphatic rings. The number of piperidine rings is 2. The molecule has 3 rings (SSSR count). The molecule has 152 valence electrons. The second-order valence-electron chi connectivity index (χ2n) is 7.87. The van der Waals surface area contributed by atoms with Gasteiger partial charge in [-0.15, -0.1) is 11.3 Å². The Morgan fingerprint density at radius 3 is 2.70 bits per heavy atom. The molecule has 1 aromatic rings. The van der Waals surface area contributed by atoms with Gasteiger partial charge in [0, 0.05) is 44.2 Å². The van der Waals surface area contributed by atoms with Gasteiger partial charge in [0.2, 0.25) is 5.91 Å². The zero-order valence-electron chi connectivity index (χ0n) is 17.0. The Balaban J connectivity index is 1.43. The lowest BCUT2D eigenvalue weighted by atomic mass is 9.93. The lowest BCUT2D eigenvalue weighted by Gasteiger charge is -2.41. The van der Waals surface area contributed by atoms with Crippen molar-refractivity contribution in [2.24, 2.45) is 5.92 Å². The molecule has 0 aliphatic carbocycles. The number of thiazole rings is 1. The standard InChI is InChI=1S/C20H34N4O2S/c1-15-16(2)27-19(22-15)14-23-10-6-18(7-11-23)24-9-4-5-17(13-24)20(25)21-8-12-26-3/h17-18H,4-14H2,1-3H3,(H,21,25)/t17-/m1/s1. The Labute approximate surface area is 167 Å². The normalized spacial score (nSPS) is 22.9. The largest absolute Gasteiger partial charge is 0.383 e. The van der Waals surface area contributed by atoms with Crippen molar-refractivity contribution in [1.29, 1.82) is 0 Å². The number of hydrogen-bond donors (Lipinski definition) is 1. The number of ether oxygens (including phenoxy) is 1. The van der Waals surface area contributed by atoms with Gasteiger partial charge >= 0.3 is 0 Å². The van der Waals surface area contributed by atoms with Crippen LogP contribution in [0.3, 0.4) is 0 Å². The smallest absolute Gasteiger partial charge is 0.224 e. The molecule has 0 bridgehead atoms. The maximum Gasteiger partial charge on any atom is 0.224 e. The molecule has 0 spiro atoms. The van der Waals surface area contributed by atoms with Crippen molar-refractivity contribution in [1.82, 2.24) is 20.1 Å². The van der Waals surface area contributed by atoms with E-state index in [1.807, 2.05) is 11.3 Å². The summed E-state index contributed by atoms with van der Waals surface area (Å²) in [5.41, 5.74) is 1.17. The number of aryl methyl sites for hydroxylation is 2. The number of aromatic nitrogens is 1. The summed E-state index contributed by atoms with van der Waals surface area (Å²) in [5.74, 6) is 0.332. The van der Waals surface area contributed by atoms with Crippen molar-refractivity contribution in [2.45, 2.75) is 52.1 Å². The third kappa shape index (κ3) is 5.73. The third-order valence-corrected chi connectivity index (χ3v) is 6.99. The zero-order chi connectivity index (χ0) is 19.2. The lowest BCUT2D eigenvalue weighted by molar-refractivity contribution is -0.127. The fourth-order valence-electron chi connectivity index (χ4n) is 4.21. The quantitative estimate of drug-likeness (QED) is 0.719. The molecule has 1 aromatic heterocycles. The van der Waals surface area contributed by atoms with Crippen LogP contribution in [-0.2, 0) is 16.1 Å². The van der Waals surface area contributed by atoms with Gasteiger partial charge in [-0.2, -0.15) is 0 Å². The van der Waals surface area contributed by atoms with E-state index in [0.29, 0.717) is 19.2 Å². The summed E-state index contributed by atoms with van der Waals surface area (Å²) in [4.78, 5) is 23.5. The van der Waals surface area contributed by atoms with Crippen LogP contribution < -0.4 is 5.32 Å². The van der Waals surface area contributed by atoms with Gasteiger partial charge in [0.25, 0.3) is 0 Å². The van der Waals surface area contributed by atoms with E-state index in [1.54, 1.807) is 7.11 Å². The second kappa shape index (κ2) is 9.96. The van der Waals surface area contributed by atoms with Crippen LogP contribution in [0.5, 0.6) is 0 Å². The Morgan fingerprint density at radius 2 is 2.04 bits per heavy atom. The molecule has 0 aromatic carbocycles. The van der Waals surface area contributed by atoms with Crippen LogP contribution in [0.25, 0.3) is 0 Å². The summed E-state index contributed by atoms with van der Waals surface area (Å²) in [6.07, 6.45) is 4.53. The first-order valence-corrected chi connectivity index (χ1v) is 11.0. The summed E-state index contributed by atoms with van der Waals surface area (Å²) >= 11 is 1.83. The number of carbonyl (C=O) groups excluding carboxylic acids is 1. The van der Waals surface area contributed by atoms with Crippen molar-refractivity contribution < 1.29 is 9.53 Å². The molecule has 2 saturated heterocycles. The first-order valence-electron chi connectivity index (χ1n) is 10.2. The minimum atomic E-state index is 0.134. The molecular formula is C20H34N4O2S. The van der Waals surface area contributed by atoms with Crippen molar-refractivity contribution in [3.8, 4) is 0 Å². The first-order chi connectivity index (χ1) is 13.1. The van der Waals surface area contributed by atoms with E-state index < -0.39 is 0 Å². The monoisotopic (exact) mass is 394 g/mol. The Bertz CT molecular complexity index is 594. The highest BCUT2D eigenvalue weighted by Gasteiger charge is 2.31. The van der Waals surface area contributed by atoms with Crippen molar-refractivity contribution in [2.75, 3.05) is 46.4 Å². The van der Waals surface area contributed by atoms with Gasteiger partial charge in [0.1, 0.15) is 5.01 Å². The number of hydrogen-bond acceptors (Lipinski definition) is 6. The maximum atomic E-state index is 12.4. The summed E-state index contributed by atoms with van der Waals surface area (Å²) in [6, 6.07) is 0.621. The van der Waals surface area contributed by atoms with Gasteiger partial charge in [-0.05, 0) is 46.1 Å². The molecule has 1 atom stereocenters. The van der Waals surface area contributed by atoms with Crippen LogP contribution in [0.15, 0.2) is 0 Å². The molecule has 1 amide bonds. The van der Waals surface area contributed by atoms with Crippen LogP contribution in [0.4, 0.5) is 0 Å². The number of carbonyl (C=O) groups is 1. The number of methoxy groups -OCH3 is 1. The second-order valence-corrected chi connectivity index (χ2v) is 9.16. The van der Waals surface area contributed by atoms with E-state index in [0.717, 1.165) is 45.6 Å². The molecular weight excluding hydrogens is 360 g/mol. The van der Waals surface area contributed by atoms with Gasteiger partial charge < -0.3 is 10.1 Å². The molecule has 27 heavy (non-hydrogen) atoms. The highest BCUT2D eigenvalue weighted by atomic mass is 32.1. The highest BCUT2D eigenvalue weighted by molar-refractivity contribution is 7.11. The average Bonchev–Trinajstić information content (AvgIpc) is 2.99. The van der Waals surface area contributed by atoms with E-state index in [1.165, 1.54) is 28.4 Å². The van der Waals surface area contributed by atoms with Crippen molar-refractivity contribution in [3.63, 3.8) is 0 Å². The van der Waals surface area contributed by atoms with Crippen LogP contribution in [0.2, 0.25) is 0 Å². The molecule has 0 radical (unpaired) electrons. The predicted octanol–water partition coefficient (Wildman–Crippen LogP) is 2.20. The third-order valence-electron chi connectivity index (χ3n) is 5.93. The van der Waals surface area contributed by atoms with Crippen LogP contribution in [0.1, 0.15) is 41.3 Å². The van der Waals surface area contributed by atoms with Crippen LogP contribution in [-0.4, -0.2) is 73.2 Å². The van der Waals surface area contributed by atoms with Crippen LogP contribution >= 0.6 is 11.3 Å². The van der Waals surface area contributed by atoms with E-state index in [-0.39, 0.29) is 11.8 Å². The van der Waals surface area contributed by atoms with Gasteiger partial charge in [-0.3, -0.25) is 14.6 Å². The van der Waals surface area contributed by atoms with Crippen molar-refractivity contribution in [3.05, 3.63) is 15.6 Å². The van der Waals surface area contributed by atoms with E-state index in [4.69, 9.17) is 4.74 Å². The average molecular weight is 395 g/mol. The van der Waals surface area contributed by atoms with E-state index >= 15 is 0 Å². The molecule has 6 nitrogen and oxygen atoms in total. The fourth-order valence-corrected chi connectivity index (χ4v) is 5.19. The SMILES string of the molecule is COCCNC(=O)[C@@H]1CCCN(C2CCN(Cc3nc(C)c(C)s3)CC2)C1. The first kappa shape index (κ1) is 20.7. The summed E-state index contributed by atoms with van der Waals surface area (Å²) in [5, 5.41) is 4.26. The molecule has 7 heteroatoms. The number of amides is 1. The zero-order valence-corrected chi connectivity index (χ0v) is 17.8. The van der Waals surface area contributed by atoms with Gasteiger partial charge in [0.05, 0.1) is 24.8 Å². The number of rotatable bonds is 7. The van der Waals surface area contributed by atoms with Crippen LogP contribution in [0, 0.1) is 19.8 Å². The van der Waals surface area contributed by atoms with E-state index in [9.17, 15) is 4.79 Å². The van der Waals surface area contributed by atoms with Crippen molar-refractivity contribution >= 4 is 17.2 Å². The topological polar surface area (TPSA) is 57.7 Å². The van der Waals surface area contributed by atoms with Gasteiger partial charge in [-0.25, -0.2) is 4.98 Å². The number of nitrogens with one attached hydrogen (secondary N) is 1. The number of nitrogens with zero attached hydrogens (tertiary/aromatic N) is 3. The molecule has 0 saturated carbocycles. The maximum absolute atomic E-state index is 12.4. The van der Waals surface area contributed by atoms with Gasteiger partial charge in [-0.1, -0.05) is 0 Å². The summed E-state index contributed by atoms with van der Waals surface area (Å²) in [7, 11) is 1.66. The Kier molecular flexibility index (Phi) is 7.64. The minimum absolute atomic E-state index is 0.134. The number of likely N-dealkylation sites (tertiary alicyclic amines) is 2. The lowest BCUT2D eigenvalue weighted by Crippen LogP contribution is -2.50. The minimum Gasteiger partial charge on any atom is -0.383 e. The molecule has 1 N–H and O–H groups in total. The molecule has 2 fully saturated rings. The Morgan fingerprint density at radius 1 is 1.26 bits per heavy atom. The van der Waals surface area contributed by atoms with E-state index in [2.05, 4.69) is 33.9 Å². The fraction of sp³-hybridized carbons (Fsp3) is 0.800. The molecule has 3 heterocycles. The summed E-state index contributed by atoms with van der Waals surface area (Å²) < 4.78 is 5.02. The molecule has 0 unspecified atom stereocenters. The predicted molar refractivity (Wildman–Crippen MR) is 109 cm³/mol.